The molecule has 0 saturated carbocycles. The first kappa shape index (κ1) is 11.6. The second kappa shape index (κ2) is 4.82. The van der Waals surface area contributed by atoms with E-state index in [1.807, 2.05) is 20.8 Å². The number of carbonyl (C=O) groups is 1. The summed E-state index contributed by atoms with van der Waals surface area (Å²) in [6.45, 7) is 5.79. The van der Waals surface area contributed by atoms with Crippen molar-refractivity contribution in [2.24, 2.45) is 11.8 Å². The van der Waals surface area contributed by atoms with Crippen LogP contribution < -0.4 is 4.74 Å². The molecule has 1 aromatic carbocycles. The summed E-state index contributed by atoms with van der Waals surface area (Å²) in [5.41, 5.74) is 0. The largest absolute Gasteiger partial charge is 0.508 e. The Morgan fingerprint density at radius 1 is 1.20 bits per heavy atom. The molecule has 0 heterocycles. The Labute approximate surface area is 89.7 Å². The number of carbonyl (C=O) groups excluding carboxylic acids is 1. The molecule has 3 heteroatoms. The monoisotopic (exact) mass is 208 g/mol. The average molecular weight is 208 g/mol. The average Bonchev–Trinajstić information content (AvgIpc) is 2.20. The molecule has 1 rings (SSSR count). The van der Waals surface area contributed by atoms with Crippen molar-refractivity contribution in [3.05, 3.63) is 24.3 Å². The Kier molecular flexibility index (Phi) is 3.72. The quantitative estimate of drug-likeness (QED) is 0.613. The van der Waals surface area contributed by atoms with Gasteiger partial charge >= 0.3 is 5.97 Å². The first-order chi connectivity index (χ1) is 7.00. The molecule has 0 aliphatic carbocycles. The van der Waals surface area contributed by atoms with Gasteiger partial charge in [-0.05, 0) is 30.2 Å². The molecule has 0 amide bonds. The Morgan fingerprint density at radius 2 is 1.73 bits per heavy atom. The lowest BCUT2D eigenvalue weighted by Gasteiger charge is -2.13. The number of phenolic OH excluding ortho intramolecular Hbond substituents is 1. The van der Waals surface area contributed by atoms with Crippen molar-refractivity contribution in [1.29, 1.82) is 0 Å². The molecule has 1 aromatic rings. The summed E-state index contributed by atoms with van der Waals surface area (Å²) in [4.78, 5) is 11.6. The number of aromatic hydroxyl groups is 1. The zero-order valence-electron chi connectivity index (χ0n) is 9.23. The Bertz CT molecular complexity index is 327. The number of hydrogen-bond acceptors (Lipinski definition) is 3. The first-order valence-electron chi connectivity index (χ1n) is 5.01. The minimum Gasteiger partial charge on any atom is -0.508 e. The number of hydrogen-bond donors (Lipinski definition) is 1. The van der Waals surface area contributed by atoms with Crippen LogP contribution in [0.15, 0.2) is 24.3 Å². The fourth-order valence-electron chi connectivity index (χ4n) is 0.995. The van der Waals surface area contributed by atoms with Crippen molar-refractivity contribution in [2.75, 3.05) is 0 Å². The molecule has 0 fully saturated rings. The van der Waals surface area contributed by atoms with Crippen LogP contribution in [0.1, 0.15) is 20.8 Å². The van der Waals surface area contributed by atoms with Gasteiger partial charge in [-0.2, -0.15) is 0 Å². The molecule has 15 heavy (non-hydrogen) atoms. The van der Waals surface area contributed by atoms with Crippen LogP contribution in [0.3, 0.4) is 0 Å². The highest BCUT2D eigenvalue weighted by Gasteiger charge is 2.18. The van der Waals surface area contributed by atoms with E-state index in [1.165, 1.54) is 12.1 Å². The number of esters is 1. The number of phenols is 1. The molecule has 0 aromatic heterocycles. The molecule has 0 radical (unpaired) electrons. The summed E-state index contributed by atoms with van der Waals surface area (Å²) < 4.78 is 5.14. The molecule has 0 bridgehead atoms. The van der Waals surface area contributed by atoms with Crippen molar-refractivity contribution in [1.82, 2.24) is 0 Å². The van der Waals surface area contributed by atoms with Gasteiger partial charge in [-0.25, -0.2) is 0 Å². The van der Waals surface area contributed by atoms with Crippen LogP contribution in [0.25, 0.3) is 0 Å². The van der Waals surface area contributed by atoms with Crippen LogP contribution in [0.2, 0.25) is 0 Å². The fraction of sp³-hybridized carbons (Fsp3) is 0.417. The Morgan fingerprint density at radius 3 is 2.20 bits per heavy atom. The van der Waals surface area contributed by atoms with Crippen LogP contribution in [0.4, 0.5) is 0 Å². The molecule has 82 valence electrons. The second-order valence-electron chi connectivity index (χ2n) is 3.95. The topological polar surface area (TPSA) is 46.5 Å². The van der Waals surface area contributed by atoms with Crippen molar-refractivity contribution >= 4 is 5.97 Å². The minimum atomic E-state index is -0.240. The number of ether oxygens (including phenoxy) is 1. The van der Waals surface area contributed by atoms with Crippen LogP contribution in [-0.2, 0) is 4.79 Å². The van der Waals surface area contributed by atoms with Gasteiger partial charge < -0.3 is 9.84 Å². The van der Waals surface area contributed by atoms with Gasteiger partial charge in [0.25, 0.3) is 0 Å². The SMILES string of the molecule is CC(C)C(C)C(=O)Oc1ccc(O)cc1. The van der Waals surface area contributed by atoms with Gasteiger partial charge in [0.15, 0.2) is 0 Å². The third-order valence-corrected chi connectivity index (χ3v) is 2.43. The van der Waals surface area contributed by atoms with Crippen molar-refractivity contribution in [3.63, 3.8) is 0 Å². The zero-order valence-corrected chi connectivity index (χ0v) is 9.23. The summed E-state index contributed by atoms with van der Waals surface area (Å²) >= 11 is 0. The van der Waals surface area contributed by atoms with Gasteiger partial charge in [0, 0.05) is 0 Å². The number of rotatable bonds is 3. The summed E-state index contributed by atoms with van der Waals surface area (Å²) in [5, 5.41) is 9.05. The molecular weight excluding hydrogens is 192 g/mol. The highest BCUT2D eigenvalue weighted by atomic mass is 16.5. The van der Waals surface area contributed by atoms with Gasteiger partial charge in [-0.15, -0.1) is 0 Å². The predicted octanol–water partition coefficient (Wildman–Crippen LogP) is 2.59. The van der Waals surface area contributed by atoms with Gasteiger partial charge in [0.05, 0.1) is 5.92 Å². The lowest BCUT2D eigenvalue weighted by molar-refractivity contribution is -0.139. The molecule has 3 nitrogen and oxygen atoms in total. The Balaban J connectivity index is 2.62. The summed E-state index contributed by atoms with van der Waals surface area (Å²) in [6.07, 6.45) is 0. The molecule has 0 aliphatic heterocycles. The normalized spacial score (nSPS) is 12.5. The van der Waals surface area contributed by atoms with E-state index in [9.17, 15) is 4.79 Å². The molecule has 1 unspecified atom stereocenters. The second-order valence-corrected chi connectivity index (χ2v) is 3.95. The predicted molar refractivity (Wildman–Crippen MR) is 57.7 cm³/mol. The fourth-order valence-corrected chi connectivity index (χ4v) is 0.995. The molecule has 1 atom stereocenters. The van der Waals surface area contributed by atoms with E-state index >= 15 is 0 Å². The molecule has 1 N–H and O–H groups in total. The van der Waals surface area contributed by atoms with Crippen LogP contribution in [0.5, 0.6) is 11.5 Å². The van der Waals surface area contributed by atoms with E-state index < -0.39 is 0 Å². The van der Waals surface area contributed by atoms with E-state index in [0.29, 0.717) is 5.75 Å². The highest BCUT2D eigenvalue weighted by molar-refractivity contribution is 5.74. The summed E-state index contributed by atoms with van der Waals surface area (Å²) in [5.74, 6) is 0.515. The van der Waals surface area contributed by atoms with Gasteiger partial charge in [0.2, 0.25) is 0 Å². The number of benzene rings is 1. The maximum atomic E-state index is 11.6. The third-order valence-electron chi connectivity index (χ3n) is 2.43. The van der Waals surface area contributed by atoms with Crippen LogP contribution in [0, 0.1) is 11.8 Å². The molecule has 0 aliphatic rings. The molecular formula is C12H16O3. The van der Waals surface area contributed by atoms with E-state index in [4.69, 9.17) is 9.84 Å². The minimum absolute atomic E-state index is 0.126. The van der Waals surface area contributed by atoms with E-state index in [1.54, 1.807) is 12.1 Å². The lowest BCUT2D eigenvalue weighted by atomic mass is 9.99. The third kappa shape index (κ3) is 3.27. The van der Waals surface area contributed by atoms with Crippen LogP contribution >= 0.6 is 0 Å². The maximum absolute atomic E-state index is 11.6. The van der Waals surface area contributed by atoms with E-state index in [2.05, 4.69) is 0 Å². The van der Waals surface area contributed by atoms with Gasteiger partial charge in [0.1, 0.15) is 11.5 Å². The zero-order chi connectivity index (χ0) is 11.4. The summed E-state index contributed by atoms with van der Waals surface area (Å²) in [7, 11) is 0. The van der Waals surface area contributed by atoms with Gasteiger partial charge in [-0.1, -0.05) is 20.8 Å². The molecule has 0 spiro atoms. The van der Waals surface area contributed by atoms with Crippen molar-refractivity contribution in [2.45, 2.75) is 20.8 Å². The van der Waals surface area contributed by atoms with E-state index in [0.717, 1.165) is 0 Å². The van der Waals surface area contributed by atoms with Gasteiger partial charge in [-0.3, -0.25) is 4.79 Å². The van der Waals surface area contributed by atoms with Crippen LogP contribution in [-0.4, -0.2) is 11.1 Å². The van der Waals surface area contributed by atoms with Crippen molar-refractivity contribution in [3.8, 4) is 11.5 Å². The smallest absolute Gasteiger partial charge is 0.314 e. The standard InChI is InChI=1S/C12H16O3/c1-8(2)9(3)12(14)15-11-6-4-10(13)5-7-11/h4-9,13H,1-3H3. The lowest BCUT2D eigenvalue weighted by Crippen LogP contribution is -2.22. The maximum Gasteiger partial charge on any atom is 0.314 e. The Hall–Kier alpha value is -1.51. The summed E-state index contributed by atoms with van der Waals surface area (Å²) in [6, 6.07) is 6.12. The highest BCUT2D eigenvalue weighted by Crippen LogP contribution is 2.19. The van der Waals surface area contributed by atoms with Crippen molar-refractivity contribution < 1.29 is 14.6 Å². The van der Waals surface area contributed by atoms with E-state index in [-0.39, 0.29) is 23.6 Å². The first-order valence-corrected chi connectivity index (χ1v) is 5.01. The molecule has 0 saturated heterocycles.